The van der Waals surface area contributed by atoms with Gasteiger partial charge in [0.15, 0.2) is 0 Å². The molecular weight excluding hydrogens is 186 g/mol. The first-order valence-corrected chi connectivity index (χ1v) is 5.34. The van der Waals surface area contributed by atoms with Crippen LogP contribution in [-0.2, 0) is 0 Å². The second kappa shape index (κ2) is 4.41. The molecule has 15 heavy (non-hydrogen) atoms. The Balaban J connectivity index is 2.50. The number of hydrogen-bond donors (Lipinski definition) is 1. The molecule has 0 fully saturated rings. The molecule has 2 aromatic rings. The van der Waals surface area contributed by atoms with Crippen LogP contribution in [0.3, 0.4) is 0 Å². The Bertz CT molecular complexity index is 448. The molecule has 1 aromatic heterocycles. The summed E-state index contributed by atoms with van der Waals surface area (Å²) in [7, 11) is 0. The zero-order valence-corrected chi connectivity index (χ0v) is 8.85. The van der Waals surface area contributed by atoms with Crippen LogP contribution in [0.15, 0.2) is 36.5 Å². The van der Waals surface area contributed by atoms with Gasteiger partial charge in [-0.15, -0.1) is 0 Å². The minimum Gasteiger partial charge on any atom is -0.387 e. The number of aromatic nitrogens is 1. The summed E-state index contributed by atoms with van der Waals surface area (Å²) >= 11 is 0. The molecule has 1 N–H and O–H groups in total. The first-order valence-electron chi connectivity index (χ1n) is 5.34. The summed E-state index contributed by atoms with van der Waals surface area (Å²) in [5, 5.41) is 12.1. The van der Waals surface area contributed by atoms with Crippen LogP contribution in [0, 0.1) is 0 Å². The molecule has 0 aliphatic carbocycles. The highest BCUT2D eigenvalue weighted by molar-refractivity contribution is 5.84. The minimum absolute atomic E-state index is 0.443. The first kappa shape index (κ1) is 10.1. The lowest BCUT2D eigenvalue weighted by Gasteiger charge is -2.11. The van der Waals surface area contributed by atoms with Crippen LogP contribution in [0.5, 0.6) is 0 Å². The van der Waals surface area contributed by atoms with E-state index in [-0.39, 0.29) is 0 Å². The van der Waals surface area contributed by atoms with Gasteiger partial charge < -0.3 is 5.11 Å². The summed E-state index contributed by atoms with van der Waals surface area (Å²) in [6.07, 6.45) is 3.05. The van der Waals surface area contributed by atoms with Gasteiger partial charge >= 0.3 is 0 Å². The lowest BCUT2D eigenvalue weighted by molar-refractivity contribution is 0.163. The van der Waals surface area contributed by atoms with E-state index in [1.54, 1.807) is 6.20 Å². The highest BCUT2D eigenvalue weighted by Gasteiger charge is 2.10. The lowest BCUT2D eigenvalue weighted by atomic mass is 10.0. The van der Waals surface area contributed by atoms with Gasteiger partial charge in [-0.2, -0.15) is 0 Å². The Labute approximate surface area is 89.6 Å². The van der Waals surface area contributed by atoms with Gasteiger partial charge in [0.2, 0.25) is 0 Å². The molecule has 1 heterocycles. The van der Waals surface area contributed by atoms with E-state index in [1.165, 1.54) is 0 Å². The van der Waals surface area contributed by atoms with Crippen LogP contribution in [0.2, 0.25) is 0 Å². The SMILES string of the molecule is CCC[C@H](O)c1nccc2ccccc12. The molecule has 1 atom stereocenters. The van der Waals surface area contributed by atoms with Gasteiger partial charge in [-0.05, 0) is 17.9 Å². The van der Waals surface area contributed by atoms with Crippen LogP contribution in [0.4, 0.5) is 0 Å². The maximum absolute atomic E-state index is 9.96. The summed E-state index contributed by atoms with van der Waals surface area (Å²) in [6.45, 7) is 2.06. The van der Waals surface area contributed by atoms with Crippen molar-refractivity contribution in [1.82, 2.24) is 4.98 Å². The van der Waals surface area contributed by atoms with Crippen LogP contribution in [0.25, 0.3) is 10.8 Å². The summed E-state index contributed by atoms with van der Waals surface area (Å²) in [6, 6.07) is 10.00. The fourth-order valence-electron chi connectivity index (χ4n) is 1.82. The van der Waals surface area contributed by atoms with E-state index in [0.29, 0.717) is 0 Å². The third-order valence-corrected chi connectivity index (χ3v) is 2.58. The molecule has 0 amide bonds. The number of hydrogen-bond acceptors (Lipinski definition) is 2. The molecule has 2 nitrogen and oxygen atoms in total. The summed E-state index contributed by atoms with van der Waals surface area (Å²) < 4.78 is 0. The van der Waals surface area contributed by atoms with Crippen LogP contribution >= 0.6 is 0 Å². The largest absolute Gasteiger partial charge is 0.387 e. The lowest BCUT2D eigenvalue weighted by Crippen LogP contribution is -2.00. The first-order chi connectivity index (χ1) is 7.33. The molecule has 78 valence electrons. The van der Waals surface area contributed by atoms with Crippen molar-refractivity contribution < 1.29 is 5.11 Å². The third-order valence-electron chi connectivity index (χ3n) is 2.58. The standard InChI is InChI=1S/C13H15NO/c1-2-5-12(15)13-11-7-4-3-6-10(11)8-9-14-13/h3-4,6-9,12,15H,2,5H2,1H3/t12-/m0/s1. The average Bonchev–Trinajstić information content (AvgIpc) is 2.28. The number of rotatable bonds is 3. The van der Waals surface area contributed by atoms with Crippen LogP contribution < -0.4 is 0 Å². The number of aliphatic hydroxyl groups excluding tert-OH is 1. The van der Waals surface area contributed by atoms with E-state index in [0.717, 1.165) is 29.3 Å². The monoisotopic (exact) mass is 201 g/mol. The second-order valence-corrected chi connectivity index (χ2v) is 3.72. The predicted molar refractivity (Wildman–Crippen MR) is 61.6 cm³/mol. The third kappa shape index (κ3) is 2.00. The fourth-order valence-corrected chi connectivity index (χ4v) is 1.82. The zero-order valence-electron chi connectivity index (χ0n) is 8.85. The fraction of sp³-hybridized carbons (Fsp3) is 0.308. The van der Waals surface area contributed by atoms with Crippen molar-refractivity contribution in [3.05, 3.63) is 42.2 Å². The van der Waals surface area contributed by atoms with Crippen molar-refractivity contribution in [2.45, 2.75) is 25.9 Å². The minimum atomic E-state index is -0.443. The Morgan fingerprint density at radius 3 is 2.87 bits per heavy atom. The molecular formula is C13H15NO. The number of aliphatic hydroxyl groups is 1. The highest BCUT2D eigenvalue weighted by atomic mass is 16.3. The smallest absolute Gasteiger partial charge is 0.0966 e. The van der Waals surface area contributed by atoms with Crippen molar-refractivity contribution in [1.29, 1.82) is 0 Å². The van der Waals surface area contributed by atoms with E-state index in [9.17, 15) is 5.11 Å². The van der Waals surface area contributed by atoms with E-state index in [1.807, 2.05) is 30.3 Å². The number of nitrogens with zero attached hydrogens (tertiary/aromatic N) is 1. The molecule has 0 aliphatic rings. The molecule has 0 saturated heterocycles. The number of fused-ring (bicyclic) bond motifs is 1. The van der Waals surface area contributed by atoms with Crippen LogP contribution in [-0.4, -0.2) is 10.1 Å². The van der Waals surface area contributed by atoms with E-state index in [4.69, 9.17) is 0 Å². The predicted octanol–water partition coefficient (Wildman–Crippen LogP) is 3.07. The number of pyridine rings is 1. The van der Waals surface area contributed by atoms with E-state index in [2.05, 4.69) is 11.9 Å². The van der Waals surface area contributed by atoms with Crippen molar-refractivity contribution in [3.8, 4) is 0 Å². The second-order valence-electron chi connectivity index (χ2n) is 3.72. The molecule has 1 aromatic carbocycles. The van der Waals surface area contributed by atoms with Gasteiger partial charge in [0.25, 0.3) is 0 Å². The Morgan fingerprint density at radius 2 is 2.07 bits per heavy atom. The average molecular weight is 201 g/mol. The van der Waals surface area contributed by atoms with E-state index < -0.39 is 6.10 Å². The molecule has 0 aliphatic heterocycles. The van der Waals surface area contributed by atoms with Crippen molar-refractivity contribution in [3.63, 3.8) is 0 Å². The van der Waals surface area contributed by atoms with Gasteiger partial charge in [0.1, 0.15) is 0 Å². The highest BCUT2D eigenvalue weighted by Crippen LogP contribution is 2.24. The zero-order chi connectivity index (χ0) is 10.7. The quantitative estimate of drug-likeness (QED) is 0.827. The van der Waals surface area contributed by atoms with Gasteiger partial charge in [-0.1, -0.05) is 37.6 Å². The van der Waals surface area contributed by atoms with Crippen LogP contribution in [0.1, 0.15) is 31.6 Å². The summed E-state index contributed by atoms with van der Waals surface area (Å²) in [5.41, 5.74) is 0.801. The van der Waals surface area contributed by atoms with Gasteiger partial charge in [-0.25, -0.2) is 0 Å². The van der Waals surface area contributed by atoms with Crippen molar-refractivity contribution in [2.24, 2.45) is 0 Å². The molecule has 2 rings (SSSR count). The topological polar surface area (TPSA) is 33.1 Å². The Hall–Kier alpha value is -1.41. The molecule has 0 saturated carbocycles. The van der Waals surface area contributed by atoms with E-state index >= 15 is 0 Å². The summed E-state index contributed by atoms with van der Waals surface area (Å²) in [5.74, 6) is 0. The van der Waals surface area contributed by atoms with Crippen molar-refractivity contribution >= 4 is 10.8 Å². The van der Waals surface area contributed by atoms with Gasteiger partial charge in [0, 0.05) is 11.6 Å². The molecule has 2 heteroatoms. The Morgan fingerprint density at radius 1 is 1.27 bits per heavy atom. The molecule has 0 spiro atoms. The van der Waals surface area contributed by atoms with Gasteiger partial charge in [0.05, 0.1) is 11.8 Å². The molecule has 0 bridgehead atoms. The number of benzene rings is 1. The van der Waals surface area contributed by atoms with Crippen molar-refractivity contribution in [2.75, 3.05) is 0 Å². The Kier molecular flexibility index (Phi) is 2.97. The van der Waals surface area contributed by atoms with Gasteiger partial charge in [-0.3, -0.25) is 4.98 Å². The maximum Gasteiger partial charge on any atom is 0.0966 e. The molecule has 0 unspecified atom stereocenters. The normalized spacial score (nSPS) is 12.9. The maximum atomic E-state index is 9.96. The molecule has 0 radical (unpaired) electrons. The summed E-state index contributed by atoms with van der Waals surface area (Å²) in [4.78, 5) is 4.28.